The second kappa shape index (κ2) is 5.81. The van der Waals surface area contributed by atoms with E-state index in [1.807, 2.05) is 13.0 Å². The van der Waals surface area contributed by atoms with Gasteiger partial charge in [-0.1, -0.05) is 17.7 Å². The highest BCUT2D eigenvalue weighted by Gasteiger charge is 2.21. The van der Waals surface area contributed by atoms with E-state index in [0.29, 0.717) is 5.69 Å². The molecule has 21 heavy (non-hydrogen) atoms. The van der Waals surface area contributed by atoms with Crippen molar-refractivity contribution in [2.45, 2.75) is 13.8 Å². The van der Waals surface area contributed by atoms with E-state index in [1.54, 1.807) is 19.1 Å². The molecule has 0 saturated carbocycles. The SMILES string of the molecule is Cc1ccc(Nc2c(C(=O)O)cc(Br)c(F)c2F)c(C)c1. The van der Waals surface area contributed by atoms with E-state index in [-0.39, 0.29) is 10.0 Å². The maximum absolute atomic E-state index is 14.0. The second-order valence-electron chi connectivity index (χ2n) is 4.66. The molecule has 0 aliphatic heterocycles. The van der Waals surface area contributed by atoms with Crippen LogP contribution in [-0.4, -0.2) is 11.1 Å². The number of benzene rings is 2. The minimum absolute atomic E-state index is 0.233. The van der Waals surface area contributed by atoms with Gasteiger partial charge in [-0.05, 0) is 47.5 Å². The molecule has 0 bridgehead atoms. The number of rotatable bonds is 3. The first kappa shape index (κ1) is 15.4. The van der Waals surface area contributed by atoms with Crippen molar-refractivity contribution in [3.63, 3.8) is 0 Å². The van der Waals surface area contributed by atoms with Crippen LogP contribution in [0.25, 0.3) is 0 Å². The fraction of sp³-hybridized carbons (Fsp3) is 0.133. The zero-order valence-corrected chi connectivity index (χ0v) is 12.9. The Balaban J connectivity index is 2.57. The van der Waals surface area contributed by atoms with Crippen LogP contribution in [0.1, 0.15) is 21.5 Å². The van der Waals surface area contributed by atoms with Crippen molar-refractivity contribution in [1.29, 1.82) is 0 Å². The second-order valence-corrected chi connectivity index (χ2v) is 5.51. The number of nitrogens with one attached hydrogen (secondary N) is 1. The minimum Gasteiger partial charge on any atom is -0.478 e. The van der Waals surface area contributed by atoms with E-state index in [2.05, 4.69) is 21.2 Å². The zero-order chi connectivity index (χ0) is 15.7. The molecule has 0 unspecified atom stereocenters. The average molecular weight is 356 g/mol. The molecule has 0 heterocycles. The minimum atomic E-state index is -1.35. The number of hydrogen-bond donors (Lipinski definition) is 2. The fourth-order valence-electron chi connectivity index (χ4n) is 1.97. The van der Waals surface area contributed by atoms with Crippen molar-refractivity contribution >= 4 is 33.3 Å². The maximum atomic E-state index is 14.0. The van der Waals surface area contributed by atoms with E-state index in [1.165, 1.54) is 0 Å². The van der Waals surface area contributed by atoms with Gasteiger partial charge in [0.15, 0.2) is 11.6 Å². The molecular weight excluding hydrogens is 344 g/mol. The number of halogens is 3. The van der Waals surface area contributed by atoms with Gasteiger partial charge >= 0.3 is 5.97 Å². The van der Waals surface area contributed by atoms with Crippen molar-refractivity contribution in [1.82, 2.24) is 0 Å². The van der Waals surface area contributed by atoms with Gasteiger partial charge in [-0.3, -0.25) is 0 Å². The lowest BCUT2D eigenvalue weighted by molar-refractivity contribution is 0.0697. The molecule has 0 fully saturated rings. The molecule has 3 nitrogen and oxygen atoms in total. The Morgan fingerprint density at radius 2 is 1.86 bits per heavy atom. The first-order valence-electron chi connectivity index (χ1n) is 6.06. The van der Waals surface area contributed by atoms with E-state index in [9.17, 15) is 13.6 Å². The topological polar surface area (TPSA) is 49.3 Å². The number of carbonyl (C=O) groups is 1. The van der Waals surface area contributed by atoms with Crippen molar-refractivity contribution < 1.29 is 18.7 Å². The number of anilines is 2. The number of aryl methyl sites for hydroxylation is 2. The van der Waals surface area contributed by atoms with Gasteiger partial charge in [0.1, 0.15) is 0 Å². The Labute approximate surface area is 128 Å². The van der Waals surface area contributed by atoms with Gasteiger partial charge in [0, 0.05) is 5.69 Å². The molecule has 0 aliphatic carbocycles. The van der Waals surface area contributed by atoms with E-state index in [0.717, 1.165) is 17.2 Å². The zero-order valence-electron chi connectivity index (χ0n) is 11.3. The summed E-state index contributed by atoms with van der Waals surface area (Å²) < 4.78 is 27.5. The van der Waals surface area contributed by atoms with Crippen LogP contribution in [0.4, 0.5) is 20.2 Å². The summed E-state index contributed by atoms with van der Waals surface area (Å²) in [4.78, 5) is 11.2. The standard InChI is InChI=1S/C15H12BrF2NO2/c1-7-3-4-11(8(2)5-7)19-14-9(15(20)21)6-10(16)12(17)13(14)18/h3-6,19H,1-2H3,(H,20,21). The highest BCUT2D eigenvalue weighted by molar-refractivity contribution is 9.10. The van der Waals surface area contributed by atoms with Crippen LogP contribution in [-0.2, 0) is 0 Å². The number of carboxylic acids is 1. The summed E-state index contributed by atoms with van der Waals surface area (Å²) in [5.41, 5.74) is 1.59. The third kappa shape index (κ3) is 3.05. The molecule has 2 rings (SSSR count). The Hall–Kier alpha value is -1.95. The number of aromatic carboxylic acids is 1. The maximum Gasteiger partial charge on any atom is 0.337 e. The summed E-state index contributed by atoms with van der Waals surface area (Å²) in [7, 11) is 0. The van der Waals surface area contributed by atoms with Crippen LogP contribution in [0, 0.1) is 25.5 Å². The predicted molar refractivity (Wildman–Crippen MR) is 80.2 cm³/mol. The fourth-order valence-corrected chi connectivity index (χ4v) is 2.38. The largest absolute Gasteiger partial charge is 0.478 e. The van der Waals surface area contributed by atoms with Gasteiger partial charge in [-0.25, -0.2) is 13.6 Å². The Morgan fingerprint density at radius 1 is 1.19 bits per heavy atom. The summed E-state index contributed by atoms with van der Waals surface area (Å²) in [5, 5.41) is 11.8. The number of hydrogen-bond acceptors (Lipinski definition) is 2. The van der Waals surface area contributed by atoms with Gasteiger partial charge in [-0.15, -0.1) is 0 Å². The molecule has 0 aliphatic rings. The summed E-state index contributed by atoms with van der Waals surface area (Å²) in [6, 6.07) is 6.38. The molecule has 110 valence electrons. The van der Waals surface area contributed by atoms with Gasteiger partial charge < -0.3 is 10.4 Å². The quantitative estimate of drug-likeness (QED) is 0.778. The molecule has 2 N–H and O–H groups in total. The van der Waals surface area contributed by atoms with Crippen LogP contribution in [0.3, 0.4) is 0 Å². The molecule has 0 saturated heterocycles. The van der Waals surface area contributed by atoms with Gasteiger partial charge in [0.05, 0.1) is 15.7 Å². The highest BCUT2D eigenvalue weighted by Crippen LogP contribution is 2.32. The van der Waals surface area contributed by atoms with Crippen molar-refractivity contribution in [3.8, 4) is 0 Å². The number of carboxylic acid groups (broad SMARTS) is 1. The molecular formula is C15H12BrF2NO2. The van der Waals surface area contributed by atoms with Crippen LogP contribution < -0.4 is 5.32 Å². The molecule has 0 spiro atoms. The van der Waals surface area contributed by atoms with Crippen LogP contribution in [0.2, 0.25) is 0 Å². The molecule has 6 heteroatoms. The smallest absolute Gasteiger partial charge is 0.337 e. The summed E-state index contributed by atoms with van der Waals surface area (Å²) in [6.45, 7) is 3.70. The lowest BCUT2D eigenvalue weighted by atomic mass is 10.1. The van der Waals surface area contributed by atoms with Gasteiger partial charge in [-0.2, -0.15) is 0 Å². The van der Waals surface area contributed by atoms with Crippen molar-refractivity contribution in [2.24, 2.45) is 0 Å². The third-order valence-electron chi connectivity index (χ3n) is 3.03. The normalized spacial score (nSPS) is 10.5. The average Bonchev–Trinajstić information content (AvgIpc) is 2.41. The molecule has 2 aromatic carbocycles. The molecule has 0 radical (unpaired) electrons. The molecule has 0 atom stereocenters. The van der Waals surface area contributed by atoms with E-state index < -0.39 is 23.3 Å². The Bertz CT molecular complexity index is 732. The first-order valence-corrected chi connectivity index (χ1v) is 6.85. The third-order valence-corrected chi connectivity index (χ3v) is 3.61. The first-order chi connectivity index (χ1) is 9.81. The van der Waals surface area contributed by atoms with Crippen LogP contribution >= 0.6 is 15.9 Å². The summed E-state index contributed by atoms with van der Waals surface area (Å²) in [6.07, 6.45) is 0. The Kier molecular flexibility index (Phi) is 4.27. The van der Waals surface area contributed by atoms with E-state index in [4.69, 9.17) is 5.11 Å². The lowest BCUT2D eigenvalue weighted by Gasteiger charge is -2.14. The van der Waals surface area contributed by atoms with Crippen LogP contribution in [0.15, 0.2) is 28.7 Å². The monoisotopic (exact) mass is 355 g/mol. The summed E-state index contributed by atoms with van der Waals surface area (Å²) in [5.74, 6) is -3.71. The highest BCUT2D eigenvalue weighted by atomic mass is 79.9. The summed E-state index contributed by atoms with van der Waals surface area (Å²) >= 11 is 2.80. The molecule has 0 aromatic heterocycles. The van der Waals surface area contributed by atoms with Gasteiger partial charge in [0.25, 0.3) is 0 Å². The van der Waals surface area contributed by atoms with Gasteiger partial charge in [0.2, 0.25) is 0 Å². The predicted octanol–water partition coefficient (Wildman–Crippen LogP) is 4.79. The molecule has 0 amide bonds. The van der Waals surface area contributed by atoms with Crippen LogP contribution in [0.5, 0.6) is 0 Å². The van der Waals surface area contributed by atoms with Crippen molar-refractivity contribution in [3.05, 3.63) is 57.1 Å². The van der Waals surface area contributed by atoms with Crippen molar-refractivity contribution in [2.75, 3.05) is 5.32 Å². The molecule has 2 aromatic rings. The van der Waals surface area contributed by atoms with E-state index >= 15 is 0 Å². The Morgan fingerprint density at radius 3 is 2.43 bits per heavy atom. The lowest BCUT2D eigenvalue weighted by Crippen LogP contribution is -2.08.